The third-order valence-corrected chi connectivity index (χ3v) is 8.85. The number of carbonyl (C=O) groups is 6. The lowest BCUT2D eigenvalue weighted by atomic mass is 10.0. The molecule has 0 aromatic carbocycles. The van der Waals surface area contributed by atoms with Gasteiger partial charge in [-0.15, -0.1) is 6.58 Å². The summed E-state index contributed by atoms with van der Waals surface area (Å²) in [5.74, 6) is -5.02. The van der Waals surface area contributed by atoms with Crippen molar-refractivity contribution in [1.82, 2.24) is 36.1 Å². The Labute approximate surface area is 295 Å². The highest BCUT2D eigenvalue weighted by Gasteiger charge is 2.41. The average molecular weight is 745 g/mol. The summed E-state index contributed by atoms with van der Waals surface area (Å²) in [5, 5.41) is 19.8. The van der Waals surface area contributed by atoms with Gasteiger partial charge in [0.15, 0.2) is 0 Å². The van der Waals surface area contributed by atoms with E-state index in [1.54, 1.807) is 6.08 Å². The normalized spacial score (nSPS) is 19.9. The molecule has 0 aliphatic carbocycles. The minimum Gasteiger partial charge on any atom is -0.394 e. The van der Waals surface area contributed by atoms with Crippen molar-refractivity contribution in [3.63, 3.8) is 0 Å². The van der Waals surface area contributed by atoms with Crippen LogP contribution in [0.25, 0.3) is 0 Å². The molecule has 8 atom stereocenters. The molecule has 9 N–H and O–H groups in total. The molecule has 21 heteroatoms. The van der Waals surface area contributed by atoms with Crippen molar-refractivity contribution in [1.29, 1.82) is 0 Å². The van der Waals surface area contributed by atoms with Crippen LogP contribution < -0.4 is 27.0 Å². The van der Waals surface area contributed by atoms with E-state index >= 15 is 0 Å². The Bertz CT molecular complexity index is 1430. The maximum absolute atomic E-state index is 13.7. The number of primary amides is 1. The van der Waals surface area contributed by atoms with Crippen molar-refractivity contribution in [3.05, 3.63) is 30.9 Å². The van der Waals surface area contributed by atoms with Crippen LogP contribution in [-0.2, 0) is 53.5 Å². The molecule has 1 aliphatic heterocycles. The summed E-state index contributed by atoms with van der Waals surface area (Å²) in [6, 6.07) is -6.84. The number of aromatic nitrogens is 2. The van der Waals surface area contributed by atoms with Crippen molar-refractivity contribution < 1.29 is 57.1 Å². The molecule has 2 rings (SSSR count). The Morgan fingerprint density at radius 2 is 1.73 bits per heavy atom. The number of nitrogens with zero attached hydrogens (tertiary/aromatic N) is 2. The van der Waals surface area contributed by atoms with Gasteiger partial charge in [0.25, 0.3) is 0 Å². The minimum atomic E-state index is -4.60. The summed E-state index contributed by atoms with van der Waals surface area (Å²) in [5.41, 5.74) is 5.75. The Hall–Kier alpha value is -4.20. The van der Waals surface area contributed by atoms with E-state index in [9.17, 15) is 43.3 Å². The summed E-state index contributed by atoms with van der Waals surface area (Å²) in [4.78, 5) is 95.9. The first-order chi connectivity index (χ1) is 23.9. The topological polar surface area (TPSA) is 294 Å². The smallest absolute Gasteiger partial charge is 0.394 e. The quantitative estimate of drug-likeness (QED) is 0.0489. The fraction of sp³-hybridized carbons (Fsp3) is 0.633. The van der Waals surface area contributed by atoms with Crippen LogP contribution in [-0.4, -0.2) is 130 Å². The molecule has 1 saturated heterocycles. The summed E-state index contributed by atoms with van der Waals surface area (Å²) < 4.78 is 26.6. The Kier molecular flexibility index (Phi) is 16.8. The molecule has 0 saturated carbocycles. The van der Waals surface area contributed by atoms with Crippen molar-refractivity contribution in [3.8, 4) is 0 Å². The van der Waals surface area contributed by atoms with Gasteiger partial charge in [0.05, 0.1) is 31.7 Å². The molecule has 0 radical (unpaired) electrons. The molecule has 0 spiro atoms. The summed E-state index contributed by atoms with van der Waals surface area (Å²) in [7, 11) is -3.72. The van der Waals surface area contributed by atoms with Gasteiger partial charge < -0.3 is 51.6 Å². The Morgan fingerprint density at radius 1 is 1.10 bits per heavy atom. The zero-order valence-corrected chi connectivity index (χ0v) is 30.1. The van der Waals surface area contributed by atoms with E-state index in [1.165, 1.54) is 24.3 Å². The first kappa shape index (κ1) is 43.0. The van der Waals surface area contributed by atoms with Crippen LogP contribution >= 0.6 is 7.82 Å². The second-order valence-corrected chi connectivity index (χ2v) is 13.8. The molecule has 6 amide bonds. The summed E-state index contributed by atoms with van der Waals surface area (Å²) >= 11 is 0. The van der Waals surface area contributed by atoms with Crippen LogP contribution in [0.4, 0.5) is 0 Å². The highest BCUT2D eigenvalue weighted by molar-refractivity contribution is 7.47. The molecule has 51 heavy (non-hydrogen) atoms. The van der Waals surface area contributed by atoms with Crippen molar-refractivity contribution in [2.24, 2.45) is 11.7 Å². The van der Waals surface area contributed by atoms with Gasteiger partial charge in [-0.2, -0.15) is 0 Å². The van der Waals surface area contributed by atoms with Gasteiger partial charge in [0, 0.05) is 45.3 Å². The first-order valence-electron chi connectivity index (χ1n) is 16.1. The molecule has 2 heterocycles. The van der Waals surface area contributed by atoms with E-state index < -0.39 is 86.4 Å². The maximum Gasteiger partial charge on any atom is 0.472 e. The molecule has 1 aromatic rings. The number of hydrogen-bond donors (Lipinski definition) is 8. The van der Waals surface area contributed by atoms with Crippen LogP contribution in [0, 0.1) is 5.92 Å². The molecule has 2 unspecified atom stereocenters. The average Bonchev–Trinajstić information content (AvgIpc) is 3.74. The van der Waals surface area contributed by atoms with Gasteiger partial charge >= 0.3 is 7.82 Å². The van der Waals surface area contributed by atoms with Crippen LogP contribution in [0.5, 0.6) is 0 Å². The molecule has 0 bridgehead atoms. The number of amides is 6. The number of hydrogen-bond acceptors (Lipinski definition) is 12. The summed E-state index contributed by atoms with van der Waals surface area (Å²) in [6.45, 7) is 9.16. The van der Waals surface area contributed by atoms with Gasteiger partial charge in [-0.05, 0) is 19.3 Å². The highest BCUT2D eigenvalue weighted by atomic mass is 31.2. The predicted octanol–water partition coefficient (Wildman–Crippen LogP) is -2.24. The minimum absolute atomic E-state index is 0.104. The van der Waals surface area contributed by atoms with Crippen LogP contribution in [0.15, 0.2) is 25.2 Å². The molecule has 286 valence electrons. The predicted molar refractivity (Wildman–Crippen MR) is 179 cm³/mol. The second-order valence-electron chi connectivity index (χ2n) is 12.3. The SMILES string of the molecule is C=CCO[C@@H]1C[C@@H](C(=O)N[C@@H](CC(C)C)C(=O)N[C@@H](Cc2cnc[nH]2)C(=O)N[C@@H](CO)C(=O)N[C@H](C(N)=O)C(C)OP(=O)(O)OC)N(C(C)=O)C1. The van der Waals surface area contributed by atoms with E-state index in [1.807, 2.05) is 13.8 Å². The molecule has 1 aliphatic rings. The number of likely N-dealkylation sites (tertiary alicyclic amines) is 1. The number of nitrogens with one attached hydrogen (secondary N) is 5. The van der Waals surface area contributed by atoms with Crippen LogP contribution in [0.2, 0.25) is 0 Å². The number of phosphoric ester groups is 1. The van der Waals surface area contributed by atoms with Crippen LogP contribution in [0.3, 0.4) is 0 Å². The van der Waals surface area contributed by atoms with Crippen molar-refractivity contribution in [2.45, 2.75) is 89.4 Å². The number of imidazole rings is 1. The zero-order valence-electron chi connectivity index (χ0n) is 29.2. The third-order valence-electron chi connectivity index (χ3n) is 7.79. The number of aromatic amines is 1. The van der Waals surface area contributed by atoms with E-state index in [2.05, 4.69) is 42.3 Å². The van der Waals surface area contributed by atoms with E-state index in [0.29, 0.717) is 5.69 Å². The lowest BCUT2D eigenvalue weighted by Gasteiger charge is -2.28. The number of ether oxygens (including phenoxy) is 1. The number of aliphatic hydroxyl groups is 1. The van der Waals surface area contributed by atoms with E-state index in [0.717, 1.165) is 14.0 Å². The zero-order chi connectivity index (χ0) is 38.5. The standard InChI is InChI=1S/C30H49N8O12P/c1-7-8-49-20-11-24(38(13-20)18(5)40)30(45)35-21(9-16(2)3)27(42)34-22(10-19-12-32-15-33-19)28(43)36-23(14-39)29(44)37-25(26(31)41)17(4)50-51(46,47)48-6/h7,12,15-17,20-25,39H,1,8-11,13-14H2,2-6H3,(H2,31,41)(H,32,33)(H,34,42)(H,35,45)(H,36,43)(H,37,44)(H,46,47)/t17?,20-,21+,22+,23+,24+,25+/m1/s1. The van der Waals surface area contributed by atoms with Crippen molar-refractivity contribution >= 4 is 43.3 Å². The highest BCUT2D eigenvalue weighted by Crippen LogP contribution is 2.43. The van der Waals surface area contributed by atoms with Gasteiger partial charge in [0.1, 0.15) is 30.2 Å². The fourth-order valence-electron chi connectivity index (χ4n) is 5.24. The molecular weight excluding hydrogens is 695 g/mol. The van der Waals surface area contributed by atoms with Gasteiger partial charge in [0.2, 0.25) is 35.4 Å². The lowest BCUT2D eigenvalue weighted by molar-refractivity contribution is -0.139. The number of carbonyl (C=O) groups excluding carboxylic acids is 6. The monoisotopic (exact) mass is 744 g/mol. The second kappa shape index (κ2) is 20.0. The van der Waals surface area contributed by atoms with Gasteiger partial charge in [-0.3, -0.25) is 37.8 Å². The third kappa shape index (κ3) is 13.5. The van der Waals surface area contributed by atoms with Crippen LogP contribution in [0.1, 0.15) is 46.2 Å². The molecule has 1 fully saturated rings. The Balaban J connectivity index is 2.26. The number of aliphatic hydroxyl groups excluding tert-OH is 1. The number of rotatable bonds is 21. The first-order valence-corrected chi connectivity index (χ1v) is 17.6. The van der Waals surface area contributed by atoms with Gasteiger partial charge in [-0.1, -0.05) is 19.9 Å². The molecule has 1 aromatic heterocycles. The Morgan fingerprint density at radius 3 is 2.25 bits per heavy atom. The molecular formula is C30H49N8O12P. The number of H-pyrrole nitrogens is 1. The number of nitrogens with two attached hydrogens (primary N) is 1. The largest absolute Gasteiger partial charge is 0.472 e. The number of phosphoric acid groups is 1. The summed E-state index contributed by atoms with van der Waals surface area (Å²) in [6.07, 6.45) is 2.57. The van der Waals surface area contributed by atoms with E-state index in [4.69, 9.17) is 15.0 Å². The van der Waals surface area contributed by atoms with E-state index in [-0.39, 0.29) is 44.2 Å². The maximum atomic E-state index is 13.7. The lowest BCUT2D eigenvalue weighted by Crippen LogP contribution is -2.61. The van der Waals surface area contributed by atoms with Gasteiger partial charge in [-0.25, -0.2) is 9.55 Å². The fourth-order valence-corrected chi connectivity index (χ4v) is 5.87. The van der Waals surface area contributed by atoms with Crippen molar-refractivity contribution in [2.75, 3.05) is 26.9 Å². The molecule has 20 nitrogen and oxygen atoms in total.